The molecule has 110 valence electrons. The Kier molecular flexibility index (Phi) is 4.29. The van der Waals surface area contributed by atoms with Crippen molar-refractivity contribution in [2.75, 3.05) is 17.7 Å². The molecule has 6 nitrogen and oxygen atoms in total. The average molecular weight is 306 g/mol. The van der Waals surface area contributed by atoms with Crippen molar-refractivity contribution >= 4 is 21.5 Å². The van der Waals surface area contributed by atoms with Crippen LogP contribution in [0.15, 0.2) is 34.9 Å². The third-order valence-electron chi connectivity index (χ3n) is 3.03. The summed E-state index contributed by atoms with van der Waals surface area (Å²) >= 11 is 0. The first kappa shape index (κ1) is 15.1. The smallest absolute Gasteiger partial charge is 0.350 e. The molecule has 0 saturated carbocycles. The largest absolute Gasteiger partial charge is 0.462 e. The molecule has 0 spiro atoms. The van der Waals surface area contributed by atoms with Crippen molar-refractivity contribution in [3.63, 3.8) is 0 Å². The predicted octanol–water partition coefficient (Wildman–Crippen LogP) is 1.40. The van der Waals surface area contributed by atoms with E-state index in [0.29, 0.717) is 17.0 Å². The predicted molar refractivity (Wildman–Crippen MR) is 76.2 cm³/mol. The fourth-order valence-electron chi connectivity index (χ4n) is 2.02. The molecule has 1 aliphatic rings. The summed E-state index contributed by atoms with van der Waals surface area (Å²) in [6.07, 6.45) is 1.73. The van der Waals surface area contributed by atoms with Gasteiger partial charge in [0, 0.05) is 11.9 Å². The first-order chi connectivity index (χ1) is 9.97. The van der Waals surface area contributed by atoms with E-state index >= 15 is 0 Å². The number of benzene rings is 1. The molecule has 0 aliphatic carbocycles. The molecule has 1 aliphatic heterocycles. The Bertz CT molecular complexity index is 745. The Morgan fingerprint density at radius 3 is 2.95 bits per heavy atom. The van der Waals surface area contributed by atoms with Crippen molar-refractivity contribution in [3.05, 3.63) is 35.5 Å². The fraction of sp³-hybridized carbons (Fsp3) is 0.286. The molecule has 7 heteroatoms. The Morgan fingerprint density at radius 1 is 1.52 bits per heavy atom. The van der Waals surface area contributed by atoms with Crippen LogP contribution in [0.4, 0.5) is 5.69 Å². The van der Waals surface area contributed by atoms with E-state index in [1.54, 1.807) is 25.1 Å². The van der Waals surface area contributed by atoms with Crippen LogP contribution in [0.5, 0.6) is 0 Å². The lowest BCUT2D eigenvalue weighted by molar-refractivity contribution is -0.138. The molecule has 0 amide bonds. The zero-order chi connectivity index (χ0) is 15.5. The van der Waals surface area contributed by atoms with Gasteiger partial charge in [-0.25, -0.2) is 13.2 Å². The van der Waals surface area contributed by atoms with E-state index in [-0.39, 0.29) is 17.9 Å². The first-order valence-electron chi connectivity index (χ1n) is 6.37. The minimum Gasteiger partial charge on any atom is -0.462 e. The minimum atomic E-state index is -3.15. The molecule has 2 rings (SSSR count). The number of hydrogen-bond acceptors (Lipinski definition) is 6. The van der Waals surface area contributed by atoms with Crippen molar-refractivity contribution < 1.29 is 17.9 Å². The third-order valence-corrected chi connectivity index (χ3v) is 4.84. The van der Waals surface area contributed by atoms with Gasteiger partial charge in [-0.1, -0.05) is 0 Å². The number of carbonyl (C=O) groups is 1. The summed E-state index contributed by atoms with van der Waals surface area (Å²) in [7, 11) is -3.15. The topological polar surface area (TPSA) is 96.3 Å². The van der Waals surface area contributed by atoms with Crippen LogP contribution in [0.1, 0.15) is 12.5 Å². The number of aryl methyl sites for hydroxylation is 1. The average Bonchev–Trinajstić information content (AvgIpc) is 2.75. The summed E-state index contributed by atoms with van der Waals surface area (Å²) in [4.78, 5) is 11.8. The maximum Gasteiger partial charge on any atom is 0.350 e. The van der Waals surface area contributed by atoms with Gasteiger partial charge in [-0.2, -0.15) is 5.26 Å². The molecule has 1 N–H and O–H groups in total. The van der Waals surface area contributed by atoms with Gasteiger partial charge in [0.2, 0.25) is 0 Å². The van der Waals surface area contributed by atoms with Crippen molar-refractivity contribution in [1.82, 2.24) is 0 Å². The molecule has 0 saturated heterocycles. The maximum absolute atomic E-state index is 11.7. The number of hydrogen-bond donors (Lipinski definition) is 1. The summed E-state index contributed by atoms with van der Waals surface area (Å²) in [6.45, 7) is 1.84. The number of ether oxygens (including phenoxy) is 1. The number of sulfone groups is 1. The highest BCUT2D eigenvalue weighted by atomic mass is 32.2. The second kappa shape index (κ2) is 5.97. The van der Waals surface area contributed by atoms with E-state index < -0.39 is 15.8 Å². The van der Waals surface area contributed by atoms with Gasteiger partial charge in [-0.05, 0) is 37.1 Å². The van der Waals surface area contributed by atoms with Crippen LogP contribution in [0.25, 0.3) is 0 Å². The van der Waals surface area contributed by atoms with Crippen molar-refractivity contribution in [3.8, 4) is 6.07 Å². The highest BCUT2D eigenvalue weighted by Gasteiger charge is 2.25. The zero-order valence-corrected chi connectivity index (χ0v) is 12.2. The number of nitriles is 1. The molecule has 21 heavy (non-hydrogen) atoms. The van der Waals surface area contributed by atoms with Gasteiger partial charge in [-0.15, -0.1) is 0 Å². The van der Waals surface area contributed by atoms with Gasteiger partial charge in [-0.3, -0.25) is 0 Å². The number of nitrogens with zero attached hydrogens (tertiary/aromatic N) is 1. The highest BCUT2D eigenvalue weighted by Crippen LogP contribution is 2.28. The lowest BCUT2D eigenvalue weighted by Crippen LogP contribution is -2.08. The van der Waals surface area contributed by atoms with Crippen LogP contribution in [0.3, 0.4) is 0 Å². The highest BCUT2D eigenvalue weighted by molar-refractivity contribution is 7.91. The van der Waals surface area contributed by atoms with Crippen molar-refractivity contribution in [1.29, 1.82) is 5.26 Å². The summed E-state index contributed by atoms with van der Waals surface area (Å²) in [5, 5.41) is 11.7. The lowest BCUT2D eigenvalue weighted by atomic mass is 10.1. The normalized spacial score (nSPS) is 15.9. The second-order valence-corrected chi connectivity index (χ2v) is 6.50. The van der Waals surface area contributed by atoms with Gasteiger partial charge in [0.05, 0.1) is 17.3 Å². The van der Waals surface area contributed by atoms with Gasteiger partial charge >= 0.3 is 5.97 Å². The second-order valence-electron chi connectivity index (χ2n) is 4.43. The van der Waals surface area contributed by atoms with Gasteiger partial charge in [0.25, 0.3) is 0 Å². The summed E-state index contributed by atoms with van der Waals surface area (Å²) < 4.78 is 28.1. The fourth-order valence-corrected chi connectivity index (χ4v) is 3.57. The summed E-state index contributed by atoms with van der Waals surface area (Å²) in [6, 6.07) is 6.58. The van der Waals surface area contributed by atoms with E-state index in [0.717, 1.165) is 5.56 Å². The van der Waals surface area contributed by atoms with Crippen molar-refractivity contribution in [2.24, 2.45) is 0 Å². The number of carbonyl (C=O) groups excluding carboxylic acids is 1. The van der Waals surface area contributed by atoms with Gasteiger partial charge in [0.15, 0.2) is 15.4 Å². The molecule has 1 aromatic rings. The molecular weight excluding hydrogens is 292 g/mol. The molecular formula is C14H14N2O4S. The summed E-state index contributed by atoms with van der Waals surface area (Å²) in [5.74, 6) is -0.579. The number of fused-ring (bicyclic) bond motifs is 1. The maximum atomic E-state index is 11.7. The van der Waals surface area contributed by atoms with Crippen molar-refractivity contribution in [2.45, 2.75) is 18.2 Å². The Morgan fingerprint density at radius 2 is 2.29 bits per heavy atom. The van der Waals surface area contributed by atoms with Gasteiger partial charge in [0.1, 0.15) is 6.07 Å². The van der Waals surface area contributed by atoms with Crippen LogP contribution < -0.4 is 5.32 Å². The monoisotopic (exact) mass is 306 g/mol. The molecule has 0 atom stereocenters. The number of anilines is 1. The van der Waals surface area contributed by atoms with Gasteiger partial charge < -0.3 is 10.1 Å². The van der Waals surface area contributed by atoms with E-state index in [1.165, 1.54) is 12.3 Å². The Hall–Kier alpha value is -2.33. The number of rotatable bonds is 4. The molecule has 0 unspecified atom stereocenters. The number of nitrogens with one attached hydrogen (secondary N) is 1. The van der Waals surface area contributed by atoms with Crippen LogP contribution >= 0.6 is 0 Å². The number of esters is 1. The lowest BCUT2D eigenvalue weighted by Gasteiger charge is -2.05. The van der Waals surface area contributed by atoms with E-state index in [2.05, 4.69) is 5.32 Å². The zero-order valence-electron chi connectivity index (χ0n) is 11.4. The quantitative estimate of drug-likeness (QED) is 0.513. The molecule has 0 radical (unpaired) electrons. The van der Waals surface area contributed by atoms with Crippen LogP contribution in [0, 0.1) is 11.3 Å². The molecule has 1 heterocycles. The van der Waals surface area contributed by atoms with Crippen LogP contribution in [-0.2, 0) is 25.8 Å². The Labute approximate surface area is 122 Å². The van der Waals surface area contributed by atoms with Crippen LogP contribution in [-0.4, -0.2) is 26.7 Å². The standard InChI is InChI=1S/C14H14N2O4S/c1-2-20-14(17)11(8-15)9-16-12-3-4-13-10(7-12)5-6-21(13,18)19/h3-4,7,9,16H,2,5-6H2,1H3. The Balaban J connectivity index is 2.19. The third kappa shape index (κ3) is 3.23. The SMILES string of the molecule is CCOC(=O)C(C#N)=CNc1ccc2c(c1)CCS2(=O)=O. The molecule has 0 aromatic heterocycles. The van der Waals surface area contributed by atoms with E-state index in [4.69, 9.17) is 10.00 Å². The molecule has 1 aromatic carbocycles. The van der Waals surface area contributed by atoms with E-state index in [1.807, 2.05) is 0 Å². The van der Waals surface area contributed by atoms with Crippen LogP contribution in [0.2, 0.25) is 0 Å². The molecule has 0 bridgehead atoms. The minimum absolute atomic E-state index is 0.119. The van der Waals surface area contributed by atoms with E-state index in [9.17, 15) is 13.2 Å². The summed E-state index contributed by atoms with van der Waals surface area (Å²) in [5.41, 5.74) is 1.20. The first-order valence-corrected chi connectivity index (χ1v) is 8.02. The molecule has 0 fully saturated rings.